The number of sulfonamides is 1. The van der Waals surface area contributed by atoms with Gasteiger partial charge in [0.05, 0.1) is 6.26 Å². The summed E-state index contributed by atoms with van der Waals surface area (Å²) in [5.41, 5.74) is 0. The fourth-order valence-electron chi connectivity index (χ4n) is 2.16. The lowest BCUT2D eigenvalue weighted by atomic mass is 10.1. The van der Waals surface area contributed by atoms with Gasteiger partial charge in [-0.15, -0.1) is 12.4 Å². The maximum Gasteiger partial charge on any atom is 0.276 e. The van der Waals surface area contributed by atoms with Crippen molar-refractivity contribution in [2.24, 2.45) is 0 Å². The molecule has 2 rings (SSSR count). The van der Waals surface area contributed by atoms with Crippen molar-refractivity contribution in [2.75, 3.05) is 19.6 Å². The molecular weight excluding hydrogens is 276 g/mol. The van der Waals surface area contributed by atoms with Crippen LogP contribution in [-0.4, -0.2) is 38.4 Å². The monoisotopic (exact) mass is 294 g/mol. The summed E-state index contributed by atoms with van der Waals surface area (Å²) in [6.45, 7) is 3.98. The zero-order valence-corrected chi connectivity index (χ0v) is 12.0. The molecule has 5 nitrogen and oxygen atoms in total. The molecule has 104 valence electrons. The molecule has 1 fully saturated rings. The zero-order chi connectivity index (χ0) is 12.3. The van der Waals surface area contributed by atoms with Gasteiger partial charge in [0.25, 0.3) is 10.0 Å². The third kappa shape index (κ3) is 3.06. The molecule has 0 spiro atoms. The van der Waals surface area contributed by atoms with Gasteiger partial charge in [0, 0.05) is 25.7 Å². The van der Waals surface area contributed by atoms with Crippen molar-refractivity contribution >= 4 is 22.4 Å². The van der Waals surface area contributed by atoms with Crippen molar-refractivity contribution in [1.82, 2.24) is 9.62 Å². The number of piperazine rings is 1. The van der Waals surface area contributed by atoms with Crippen molar-refractivity contribution in [3.8, 4) is 0 Å². The lowest BCUT2D eigenvalue weighted by Crippen LogP contribution is -2.53. The number of nitrogens with zero attached hydrogens (tertiary/aromatic N) is 1. The normalized spacial score (nSPS) is 21.5. The van der Waals surface area contributed by atoms with E-state index < -0.39 is 10.0 Å². The highest BCUT2D eigenvalue weighted by molar-refractivity contribution is 7.89. The fourth-order valence-corrected chi connectivity index (χ4v) is 3.73. The molecule has 1 N–H and O–H groups in total. The van der Waals surface area contributed by atoms with Gasteiger partial charge in [-0.1, -0.05) is 13.3 Å². The molecule has 0 saturated carbocycles. The van der Waals surface area contributed by atoms with Crippen LogP contribution in [0.3, 0.4) is 0 Å². The van der Waals surface area contributed by atoms with E-state index >= 15 is 0 Å². The highest BCUT2D eigenvalue weighted by atomic mass is 35.5. The Kier molecular flexibility index (Phi) is 5.65. The van der Waals surface area contributed by atoms with Gasteiger partial charge in [-0.25, -0.2) is 8.42 Å². The minimum Gasteiger partial charge on any atom is -0.452 e. The van der Waals surface area contributed by atoms with E-state index in [9.17, 15) is 8.42 Å². The summed E-state index contributed by atoms with van der Waals surface area (Å²) in [5.74, 6) is 0. The van der Waals surface area contributed by atoms with Crippen LogP contribution in [0.5, 0.6) is 0 Å². The van der Waals surface area contributed by atoms with E-state index in [1.807, 2.05) is 0 Å². The lowest BCUT2D eigenvalue weighted by molar-refractivity contribution is 0.248. The standard InChI is InChI=1S/C11H18N2O3S.ClH/c1-2-4-10-9-12-6-7-13(10)17(14,15)11-5-3-8-16-11;/h3,5,8,10,12H,2,4,6-7,9H2,1H3;1H. The molecule has 1 aromatic rings. The lowest BCUT2D eigenvalue weighted by Gasteiger charge is -2.34. The molecule has 2 heterocycles. The largest absolute Gasteiger partial charge is 0.452 e. The van der Waals surface area contributed by atoms with Gasteiger partial charge in [0.15, 0.2) is 0 Å². The summed E-state index contributed by atoms with van der Waals surface area (Å²) in [4.78, 5) is 0. The molecule has 1 aliphatic rings. The highest BCUT2D eigenvalue weighted by Gasteiger charge is 2.34. The number of furan rings is 1. The van der Waals surface area contributed by atoms with Crippen LogP contribution in [0.2, 0.25) is 0 Å². The maximum atomic E-state index is 12.3. The van der Waals surface area contributed by atoms with Crippen LogP contribution in [0, 0.1) is 0 Å². The van der Waals surface area contributed by atoms with Crippen LogP contribution >= 0.6 is 12.4 Å². The van der Waals surface area contributed by atoms with Crippen molar-refractivity contribution in [2.45, 2.75) is 30.9 Å². The SMILES string of the molecule is CCCC1CNCCN1S(=O)(=O)c1ccco1.Cl. The zero-order valence-electron chi connectivity index (χ0n) is 10.3. The first-order valence-corrected chi connectivity index (χ1v) is 7.36. The molecule has 1 aromatic heterocycles. The highest BCUT2D eigenvalue weighted by Crippen LogP contribution is 2.21. The topological polar surface area (TPSA) is 62.6 Å². The van der Waals surface area contributed by atoms with Crippen molar-refractivity contribution in [3.05, 3.63) is 18.4 Å². The summed E-state index contributed by atoms with van der Waals surface area (Å²) >= 11 is 0. The average Bonchev–Trinajstić information content (AvgIpc) is 2.84. The van der Waals surface area contributed by atoms with Crippen LogP contribution in [0.4, 0.5) is 0 Å². The Labute approximate surface area is 114 Å². The molecule has 1 atom stereocenters. The Balaban J connectivity index is 0.00000162. The predicted molar refractivity (Wildman–Crippen MR) is 71.4 cm³/mol. The Morgan fingerprint density at radius 1 is 1.56 bits per heavy atom. The third-order valence-electron chi connectivity index (χ3n) is 2.98. The quantitative estimate of drug-likeness (QED) is 0.913. The Morgan fingerprint density at radius 2 is 2.33 bits per heavy atom. The summed E-state index contributed by atoms with van der Waals surface area (Å²) in [6, 6.07) is 3.13. The number of rotatable bonds is 4. The molecule has 18 heavy (non-hydrogen) atoms. The molecule has 0 aromatic carbocycles. The number of hydrogen-bond acceptors (Lipinski definition) is 4. The summed E-state index contributed by atoms with van der Waals surface area (Å²) in [7, 11) is -3.46. The second kappa shape index (κ2) is 6.56. The molecule has 0 bridgehead atoms. The minimum atomic E-state index is -3.46. The summed E-state index contributed by atoms with van der Waals surface area (Å²) in [5, 5.41) is 3.27. The van der Waals surface area contributed by atoms with Crippen LogP contribution in [0.15, 0.2) is 27.9 Å². The second-order valence-electron chi connectivity index (χ2n) is 4.19. The molecule has 7 heteroatoms. The average molecular weight is 295 g/mol. The maximum absolute atomic E-state index is 12.3. The Bertz CT molecular complexity index is 445. The minimum absolute atomic E-state index is 0. The van der Waals surface area contributed by atoms with E-state index in [0.717, 1.165) is 12.8 Å². The first-order chi connectivity index (χ1) is 8.16. The second-order valence-corrected chi connectivity index (χ2v) is 6.02. The van der Waals surface area contributed by atoms with Gasteiger partial charge in [0.2, 0.25) is 5.09 Å². The van der Waals surface area contributed by atoms with E-state index in [4.69, 9.17) is 4.42 Å². The molecule has 1 aliphatic heterocycles. The molecule has 0 aliphatic carbocycles. The molecule has 0 radical (unpaired) electrons. The Morgan fingerprint density at radius 3 is 2.94 bits per heavy atom. The van der Waals surface area contributed by atoms with Crippen molar-refractivity contribution in [3.63, 3.8) is 0 Å². The van der Waals surface area contributed by atoms with E-state index in [2.05, 4.69) is 12.2 Å². The number of halogens is 1. The van der Waals surface area contributed by atoms with E-state index in [1.165, 1.54) is 12.3 Å². The van der Waals surface area contributed by atoms with E-state index in [0.29, 0.717) is 19.6 Å². The fraction of sp³-hybridized carbons (Fsp3) is 0.636. The van der Waals surface area contributed by atoms with Crippen LogP contribution < -0.4 is 5.32 Å². The molecule has 1 unspecified atom stereocenters. The predicted octanol–water partition coefficient (Wildman–Crippen LogP) is 1.46. The van der Waals surface area contributed by atoms with Crippen molar-refractivity contribution in [1.29, 1.82) is 0 Å². The molecule has 1 saturated heterocycles. The third-order valence-corrected chi connectivity index (χ3v) is 4.82. The van der Waals surface area contributed by atoms with Gasteiger partial charge in [-0.2, -0.15) is 4.31 Å². The van der Waals surface area contributed by atoms with Gasteiger partial charge in [-0.05, 0) is 18.6 Å². The van der Waals surface area contributed by atoms with Gasteiger partial charge in [0.1, 0.15) is 0 Å². The Hall–Kier alpha value is -0.560. The first-order valence-electron chi connectivity index (χ1n) is 5.92. The van der Waals surface area contributed by atoms with Crippen LogP contribution in [0.25, 0.3) is 0 Å². The number of hydrogen-bond donors (Lipinski definition) is 1. The first kappa shape index (κ1) is 15.5. The molecule has 0 amide bonds. The number of nitrogens with one attached hydrogen (secondary N) is 1. The smallest absolute Gasteiger partial charge is 0.276 e. The van der Waals surface area contributed by atoms with Crippen LogP contribution in [0.1, 0.15) is 19.8 Å². The van der Waals surface area contributed by atoms with E-state index in [1.54, 1.807) is 10.4 Å². The van der Waals surface area contributed by atoms with Gasteiger partial charge in [-0.3, -0.25) is 0 Å². The summed E-state index contributed by atoms with van der Waals surface area (Å²) in [6.07, 6.45) is 3.23. The van der Waals surface area contributed by atoms with Gasteiger partial charge < -0.3 is 9.73 Å². The van der Waals surface area contributed by atoms with Crippen LogP contribution in [-0.2, 0) is 10.0 Å². The van der Waals surface area contributed by atoms with Crippen molar-refractivity contribution < 1.29 is 12.8 Å². The summed E-state index contributed by atoms with van der Waals surface area (Å²) < 4.78 is 31.3. The molecular formula is C11H19ClN2O3S. The van der Waals surface area contributed by atoms with E-state index in [-0.39, 0.29) is 23.5 Å². The van der Waals surface area contributed by atoms with Gasteiger partial charge >= 0.3 is 0 Å².